The third-order valence-electron chi connectivity index (χ3n) is 3.25. The zero-order valence-corrected chi connectivity index (χ0v) is 16.9. The van der Waals surface area contributed by atoms with Gasteiger partial charge in [0.15, 0.2) is 26.3 Å². The van der Waals surface area contributed by atoms with Crippen LogP contribution in [0.15, 0.2) is 22.3 Å². The summed E-state index contributed by atoms with van der Waals surface area (Å²) in [6, 6.07) is 0. The van der Waals surface area contributed by atoms with E-state index in [1.807, 2.05) is 23.1 Å². The van der Waals surface area contributed by atoms with Crippen molar-refractivity contribution >= 4 is 71.7 Å². The molecule has 0 aliphatic rings. The number of thiazole rings is 4. The lowest BCUT2D eigenvalue weighted by atomic mass is 10.3. The van der Waals surface area contributed by atoms with Crippen LogP contribution in [0.5, 0.6) is 0 Å². The van der Waals surface area contributed by atoms with Crippen LogP contribution in [0.2, 0.25) is 0 Å². The van der Waals surface area contributed by atoms with Gasteiger partial charge in [0.05, 0.1) is 10.6 Å². The number of hydrogen-bond donors (Lipinski definition) is 2. The molecule has 2 N–H and O–H groups in total. The van der Waals surface area contributed by atoms with Crippen LogP contribution >= 0.6 is 45.3 Å². The van der Waals surface area contributed by atoms with Gasteiger partial charge < -0.3 is 10.6 Å². The summed E-state index contributed by atoms with van der Waals surface area (Å²) in [6.45, 7) is 3.38. The van der Waals surface area contributed by atoms with Crippen LogP contribution in [-0.2, 0) is 0 Å². The maximum absolute atomic E-state index is 11.5. The molecule has 0 fully saturated rings. The molecule has 0 atom stereocenters. The Hall–Kier alpha value is -2.21. The molecule has 132 valence electrons. The second kappa shape index (κ2) is 7.19. The largest absolute Gasteiger partial charge is 0.307 e. The Balaban J connectivity index is 1.49. The van der Waals surface area contributed by atoms with Crippen LogP contribution < -0.4 is 10.6 Å². The first-order valence-corrected chi connectivity index (χ1v) is 10.9. The molecule has 4 aromatic heterocycles. The summed E-state index contributed by atoms with van der Waals surface area (Å²) in [5, 5.41) is 15.1. The molecular weight excluding hydrogens is 408 g/mol. The van der Waals surface area contributed by atoms with Crippen molar-refractivity contribution in [2.45, 2.75) is 13.8 Å². The van der Waals surface area contributed by atoms with Crippen molar-refractivity contribution < 1.29 is 4.79 Å². The van der Waals surface area contributed by atoms with E-state index in [0.717, 1.165) is 27.3 Å². The van der Waals surface area contributed by atoms with E-state index in [0.29, 0.717) is 15.1 Å². The Bertz CT molecular complexity index is 1050. The summed E-state index contributed by atoms with van der Waals surface area (Å²) in [7, 11) is 0. The van der Waals surface area contributed by atoms with Crippen LogP contribution in [-0.4, -0.2) is 25.7 Å². The molecule has 0 bridgehead atoms. The normalized spacial score (nSPS) is 10.8. The van der Waals surface area contributed by atoms with Crippen molar-refractivity contribution in [1.29, 1.82) is 0 Å². The molecule has 0 aromatic carbocycles. The van der Waals surface area contributed by atoms with Gasteiger partial charge in [0, 0.05) is 29.3 Å². The molecule has 0 unspecified atom stereocenters. The standard InChI is InChI=1S/C15H12N6OS4/c1-7-11(8(2)22)26-15(17-7)21-14-19-10(6-25-14)9-5-24-13(18-9)20-12-16-3-4-23-12/h3-6H,1-2H3,(H,16,18,20)(H,17,19,21). The lowest BCUT2D eigenvalue weighted by molar-refractivity contribution is 0.102. The first-order valence-electron chi connectivity index (χ1n) is 7.42. The van der Waals surface area contributed by atoms with Crippen LogP contribution in [0.25, 0.3) is 11.4 Å². The van der Waals surface area contributed by atoms with Gasteiger partial charge in [0.1, 0.15) is 11.4 Å². The number of carbonyl (C=O) groups is 1. The molecular formula is C15H12N6OS4. The van der Waals surface area contributed by atoms with Crippen LogP contribution in [0.4, 0.5) is 20.5 Å². The third-order valence-corrected chi connectivity index (χ3v) is 6.62. The van der Waals surface area contributed by atoms with Gasteiger partial charge in [-0.05, 0) is 6.92 Å². The number of carbonyl (C=O) groups excluding carboxylic acids is 1. The highest BCUT2D eigenvalue weighted by Gasteiger charge is 2.14. The highest BCUT2D eigenvalue weighted by atomic mass is 32.1. The van der Waals surface area contributed by atoms with E-state index < -0.39 is 0 Å². The van der Waals surface area contributed by atoms with Crippen LogP contribution in [0.1, 0.15) is 22.3 Å². The average molecular weight is 421 g/mol. The lowest BCUT2D eigenvalue weighted by Crippen LogP contribution is -1.90. The number of hydrogen-bond acceptors (Lipinski definition) is 11. The molecule has 4 heterocycles. The number of aromatic nitrogens is 4. The van der Waals surface area contributed by atoms with Gasteiger partial charge in [-0.1, -0.05) is 11.3 Å². The molecule has 7 nitrogen and oxygen atoms in total. The minimum absolute atomic E-state index is 0.0237. The molecule has 0 saturated heterocycles. The topological polar surface area (TPSA) is 92.7 Å². The SMILES string of the molecule is CC(=O)c1sc(Nc2nc(-c3csc(Nc4nccs4)n3)cs2)nc1C. The number of nitrogens with one attached hydrogen (secondary N) is 2. The minimum Gasteiger partial charge on any atom is -0.307 e. The van der Waals surface area contributed by atoms with Crippen molar-refractivity contribution in [1.82, 2.24) is 19.9 Å². The number of nitrogens with zero attached hydrogens (tertiary/aromatic N) is 4. The average Bonchev–Trinajstić information content (AvgIpc) is 3.36. The van der Waals surface area contributed by atoms with Crippen molar-refractivity contribution in [2.24, 2.45) is 0 Å². The Labute approximate surface area is 164 Å². The molecule has 0 saturated carbocycles. The smallest absolute Gasteiger partial charge is 0.189 e. The van der Waals surface area contributed by atoms with Crippen molar-refractivity contribution in [3.8, 4) is 11.4 Å². The predicted molar refractivity (Wildman–Crippen MR) is 109 cm³/mol. The number of aryl methyl sites for hydroxylation is 1. The van der Waals surface area contributed by atoms with E-state index in [2.05, 4.69) is 30.6 Å². The fraction of sp³-hybridized carbons (Fsp3) is 0.133. The van der Waals surface area contributed by atoms with Crippen molar-refractivity contribution in [2.75, 3.05) is 10.6 Å². The zero-order chi connectivity index (χ0) is 18.1. The predicted octanol–water partition coefficient (Wildman–Crippen LogP) is 5.18. The van der Waals surface area contributed by atoms with Crippen molar-refractivity contribution in [3.05, 3.63) is 32.9 Å². The number of Topliss-reactive ketones (excluding diaryl/α,β-unsaturated/α-hetero) is 1. The van der Waals surface area contributed by atoms with Gasteiger partial charge in [0.2, 0.25) is 0 Å². The van der Waals surface area contributed by atoms with E-state index >= 15 is 0 Å². The molecule has 0 amide bonds. The molecule has 11 heteroatoms. The first kappa shape index (κ1) is 17.2. The van der Waals surface area contributed by atoms with E-state index in [1.54, 1.807) is 13.1 Å². The third kappa shape index (κ3) is 3.65. The highest BCUT2D eigenvalue weighted by molar-refractivity contribution is 7.18. The summed E-state index contributed by atoms with van der Waals surface area (Å²) in [6.07, 6.45) is 1.75. The quantitative estimate of drug-likeness (QED) is 0.415. The molecule has 4 rings (SSSR count). The number of rotatable bonds is 6. The Morgan fingerprint density at radius 2 is 1.58 bits per heavy atom. The number of anilines is 4. The van der Waals surface area contributed by atoms with E-state index in [-0.39, 0.29) is 5.78 Å². The van der Waals surface area contributed by atoms with E-state index in [4.69, 9.17) is 0 Å². The molecule has 0 aliphatic heterocycles. The summed E-state index contributed by atoms with van der Waals surface area (Å²) >= 11 is 5.84. The maximum Gasteiger partial charge on any atom is 0.189 e. The Morgan fingerprint density at radius 3 is 2.12 bits per heavy atom. The summed E-state index contributed by atoms with van der Waals surface area (Å²) in [5.41, 5.74) is 2.33. The Morgan fingerprint density at radius 1 is 0.923 bits per heavy atom. The van der Waals surface area contributed by atoms with Gasteiger partial charge in [0.25, 0.3) is 0 Å². The van der Waals surface area contributed by atoms with Gasteiger partial charge in [-0.2, -0.15) is 0 Å². The van der Waals surface area contributed by atoms with Gasteiger partial charge in [-0.25, -0.2) is 19.9 Å². The summed E-state index contributed by atoms with van der Waals surface area (Å²) < 4.78 is 0. The zero-order valence-electron chi connectivity index (χ0n) is 13.6. The van der Waals surface area contributed by atoms with Crippen LogP contribution in [0, 0.1) is 6.92 Å². The minimum atomic E-state index is 0.0237. The second-order valence-corrected chi connectivity index (χ2v) is 8.76. The summed E-state index contributed by atoms with van der Waals surface area (Å²) in [4.78, 5) is 29.9. The Kier molecular flexibility index (Phi) is 4.76. The summed E-state index contributed by atoms with van der Waals surface area (Å²) in [5.74, 6) is 0.0237. The van der Waals surface area contributed by atoms with E-state index in [9.17, 15) is 4.79 Å². The van der Waals surface area contributed by atoms with Gasteiger partial charge in [-0.15, -0.1) is 34.0 Å². The maximum atomic E-state index is 11.5. The van der Waals surface area contributed by atoms with Crippen molar-refractivity contribution in [3.63, 3.8) is 0 Å². The molecule has 0 aliphatic carbocycles. The molecule has 0 radical (unpaired) electrons. The van der Waals surface area contributed by atoms with E-state index in [1.165, 1.54) is 45.3 Å². The highest BCUT2D eigenvalue weighted by Crippen LogP contribution is 2.32. The van der Waals surface area contributed by atoms with Gasteiger partial charge in [-0.3, -0.25) is 4.79 Å². The first-order chi connectivity index (χ1) is 12.6. The monoisotopic (exact) mass is 420 g/mol. The molecule has 0 spiro atoms. The fourth-order valence-electron chi connectivity index (χ4n) is 2.14. The molecule has 4 aromatic rings. The van der Waals surface area contributed by atoms with Gasteiger partial charge >= 0.3 is 0 Å². The number of ketones is 1. The molecule has 26 heavy (non-hydrogen) atoms. The second-order valence-electron chi connectivity index (χ2n) is 5.15. The van der Waals surface area contributed by atoms with Crippen LogP contribution in [0.3, 0.4) is 0 Å². The fourth-order valence-corrected chi connectivity index (χ4v) is 5.07. The lowest BCUT2D eigenvalue weighted by Gasteiger charge is -1.95.